The number of nitrogens with zero attached hydrogens (tertiary/aromatic N) is 1. The molecular weight excluding hydrogens is 258 g/mol. The van der Waals surface area contributed by atoms with Gasteiger partial charge in [-0.25, -0.2) is 4.79 Å². The molecule has 2 heterocycles. The molecule has 1 saturated heterocycles. The number of carbonyl (C=O) groups excluding carboxylic acids is 2. The van der Waals surface area contributed by atoms with Gasteiger partial charge in [-0.2, -0.15) is 0 Å². The van der Waals surface area contributed by atoms with Gasteiger partial charge in [0.2, 0.25) is 0 Å². The van der Waals surface area contributed by atoms with Gasteiger partial charge in [-0.05, 0) is 17.7 Å². The molecule has 2 unspecified atom stereocenters. The number of esters is 1. The van der Waals surface area contributed by atoms with Crippen LogP contribution in [0.5, 0.6) is 0 Å². The first kappa shape index (κ1) is 12.6. The van der Waals surface area contributed by atoms with Crippen molar-refractivity contribution in [2.45, 2.75) is 18.8 Å². The van der Waals surface area contributed by atoms with Crippen LogP contribution < -0.4 is 0 Å². The van der Waals surface area contributed by atoms with Crippen LogP contribution in [0.1, 0.15) is 33.9 Å². The van der Waals surface area contributed by atoms with E-state index < -0.39 is 18.1 Å². The van der Waals surface area contributed by atoms with Gasteiger partial charge in [0.05, 0.1) is 12.3 Å². The van der Waals surface area contributed by atoms with E-state index in [4.69, 9.17) is 4.74 Å². The lowest BCUT2D eigenvalue weighted by molar-refractivity contribution is -0.183. The molecule has 0 aliphatic carbocycles. The maximum absolute atomic E-state index is 11.8. The van der Waals surface area contributed by atoms with Crippen LogP contribution in [0.3, 0.4) is 0 Å². The summed E-state index contributed by atoms with van der Waals surface area (Å²) in [6.07, 6.45) is 0.243. The number of ether oxygens (including phenoxy) is 1. The fraction of sp³-hybridized carbons (Fsp3) is 0.200. The van der Waals surface area contributed by atoms with Crippen LogP contribution >= 0.6 is 0 Å². The van der Waals surface area contributed by atoms with Crippen LogP contribution in [0, 0.1) is 0 Å². The van der Waals surface area contributed by atoms with Crippen molar-refractivity contribution in [2.24, 2.45) is 0 Å². The van der Waals surface area contributed by atoms with Crippen molar-refractivity contribution in [1.29, 1.82) is 0 Å². The first-order valence-electron chi connectivity index (χ1n) is 6.28. The average Bonchev–Trinajstić information content (AvgIpc) is 2.88. The van der Waals surface area contributed by atoms with Crippen LogP contribution in [0.25, 0.3) is 0 Å². The third-order valence-electron chi connectivity index (χ3n) is 3.49. The van der Waals surface area contributed by atoms with E-state index >= 15 is 0 Å². The van der Waals surface area contributed by atoms with E-state index in [0.29, 0.717) is 17.7 Å². The van der Waals surface area contributed by atoms with E-state index in [-0.39, 0.29) is 6.61 Å². The molecule has 0 bridgehead atoms. The predicted octanol–water partition coefficient (Wildman–Crippen LogP) is 1.63. The maximum atomic E-state index is 11.8. The Labute approximate surface area is 115 Å². The fourth-order valence-corrected chi connectivity index (χ4v) is 2.52. The molecule has 1 aromatic heterocycles. The summed E-state index contributed by atoms with van der Waals surface area (Å²) in [5.41, 5.74) is 1.75. The Morgan fingerprint density at radius 3 is 2.55 bits per heavy atom. The van der Waals surface area contributed by atoms with Gasteiger partial charge in [-0.3, -0.25) is 4.79 Å². The Morgan fingerprint density at radius 1 is 1.20 bits per heavy atom. The largest absolute Gasteiger partial charge is 0.453 e. The van der Waals surface area contributed by atoms with E-state index in [2.05, 4.69) is 0 Å². The number of hydrogen-bond acceptors (Lipinski definition) is 4. The third kappa shape index (κ3) is 1.83. The molecule has 5 nitrogen and oxygen atoms in total. The van der Waals surface area contributed by atoms with Gasteiger partial charge in [0.25, 0.3) is 0 Å². The number of aromatic nitrogens is 1. The summed E-state index contributed by atoms with van der Waals surface area (Å²) in [7, 11) is 0. The van der Waals surface area contributed by atoms with Crippen molar-refractivity contribution in [3.63, 3.8) is 0 Å². The highest BCUT2D eigenvalue weighted by atomic mass is 16.6. The summed E-state index contributed by atoms with van der Waals surface area (Å²) in [4.78, 5) is 22.9. The Hall–Kier alpha value is -2.40. The predicted molar refractivity (Wildman–Crippen MR) is 70.1 cm³/mol. The summed E-state index contributed by atoms with van der Waals surface area (Å²) in [5.74, 6) is -0.396. The van der Waals surface area contributed by atoms with Crippen LogP contribution in [-0.2, 0) is 16.1 Å². The second-order valence-corrected chi connectivity index (χ2v) is 4.61. The summed E-state index contributed by atoms with van der Waals surface area (Å²) in [5, 5.41) is 9.35. The molecule has 2 aromatic rings. The van der Waals surface area contributed by atoms with Crippen molar-refractivity contribution in [3.8, 4) is 0 Å². The zero-order valence-corrected chi connectivity index (χ0v) is 10.6. The normalized spacial score (nSPS) is 21.1. The molecule has 1 N–H and O–H groups in total. The van der Waals surface area contributed by atoms with Crippen LogP contribution in [0.4, 0.5) is 0 Å². The first-order chi connectivity index (χ1) is 9.76. The Morgan fingerprint density at radius 2 is 1.95 bits per heavy atom. The van der Waals surface area contributed by atoms with E-state index in [1.54, 1.807) is 16.7 Å². The highest BCUT2D eigenvalue weighted by molar-refractivity contribution is 5.83. The van der Waals surface area contributed by atoms with E-state index in [9.17, 15) is 14.7 Å². The number of aliphatic hydroxyl groups is 1. The lowest BCUT2D eigenvalue weighted by Crippen LogP contribution is -2.41. The number of aliphatic hydroxyl groups excluding tert-OH is 1. The molecule has 102 valence electrons. The third-order valence-corrected chi connectivity index (χ3v) is 3.49. The Balaban J connectivity index is 2.02. The zero-order valence-electron chi connectivity index (χ0n) is 10.6. The van der Waals surface area contributed by atoms with Crippen molar-refractivity contribution in [2.75, 3.05) is 0 Å². The summed E-state index contributed by atoms with van der Waals surface area (Å²) >= 11 is 0. The van der Waals surface area contributed by atoms with Gasteiger partial charge in [0.1, 0.15) is 0 Å². The molecule has 0 saturated carbocycles. The zero-order chi connectivity index (χ0) is 14.1. The molecule has 0 radical (unpaired) electrons. The van der Waals surface area contributed by atoms with Crippen LogP contribution in [-0.4, -0.2) is 21.9 Å². The molecule has 1 aromatic carbocycles. The first-order valence-corrected chi connectivity index (χ1v) is 6.28. The minimum absolute atomic E-state index is 0.237. The van der Waals surface area contributed by atoms with Crippen LogP contribution in [0.2, 0.25) is 0 Å². The van der Waals surface area contributed by atoms with E-state index in [0.717, 1.165) is 5.56 Å². The molecule has 0 spiro atoms. The average molecular weight is 271 g/mol. The van der Waals surface area contributed by atoms with Crippen LogP contribution in [0.15, 0.2) is 42.5 Å². The lowest BCUT2D eigenvalue weighted by Gasteiger charge is -2.37. The minimum atomic E-state index is -0.602. The smallest absolute Gasteiger partial charge is 0.334 e. The van der Waals surface area contributed by atoms with Crippen molar-refractivity contribution in [3.05, 3.63) is 59.4 Å². The molecular formula is C15H13NO4. The Bertz CT molecular complexity index is 647. The number of cyclic esters (lactones) is 1. The SMILES string of the molecule is O=Cc1ccc(CO)n1C1C(=O)OC1c1ccccc1. The van der Waals surface area contributed by atoms with E-state index in [1.165, 1.54) is 0 Å². The van der Waals surface area contributed by atoms with Gasteiger partial charge >= 0.3 is 5.97 Å². The van der Waals surface area contributed by atoms with Crippen molar-refractivity contribution < 1.29 is 19.4 Å². The fourth-order valence-electron chi connectivity index (χ4n) is 2.52. The van der Waals surface area contributed by atoms with Crippen molar-refractivity contribution in [1.82, 2.24) is 4.57 Å². The van der Waals surface area contributed by atoms with E-state index in [1.807, 2.05) is 30.3 Å². The number of carbonyl (C=O) groups is 2. The minimum Gasteiger partial charge on any atom is -0.453 e. The molecule has 20 heavy (non-hydrogen) atoms. The second-order valence-electron chi connectivity index (χ2n) is 4.61. The van der Waals surface area contributed by atoms with Gasteiger partial charge < -0.3 is 14.4 Å². The monoisotopic (exact) mass is 271 g/mol. The molecule has 1 aliphatic rings. The molecule has 1 fully saturated rings. The molecule has 2 atom stereocenters. The van der Waals surface area contributed by atoms with Gasteiger partial charge in [-0.15, -0.1) is 0 Å². The van der Waals surface area contributed by atoms with Gasteiger partial charge in [0, 0.05) is 5.69 Å². The van der Waals surface area contributed by atoms with Gasteiger partial charge in [-0.1, -0.05) is 30.3 Å². The second kappa shape index (κ2) is 4.94. The number of aldehydes is 1. The molecule has 0 amide bonds. The molecule has 5 heteroatoms. The molecule has 3 rings (SSSR count). The van der Waals surface area contributed by atoms with Gasteiger partial charge in [0.15, 0.2) is 18.4 Å². The van der Waals surface area contributed by atoms with Crippen molar-refractivity contribution >= 4 is 12.3 Å². The summed E-state index contributed by atoms with van der Waals surface area (Å²) < 4.78 is 6.76. The Kier molecular flexibility index (Phi) is 3.12. The highest BCUT2D eigenvalue weighted by Gasteiger charge is 2.46. The highest BCUT2D eigenvalue weighted by Crippen LogP contribution is 2.41. The molecule has 1 aliphatic heterocycles. The quantitative estimate of drug-likeness (QED) is 0.678. The maximum Gasteiger partial charge on any atom is 0.334 e. The number of hydrogen-bond donors (Lipinski definition) is 1. The topological polar surface area (TPSA) is 68.5 Å². The summed E-state index contributed by atoms with van der Waals surface area (Å²) in [6.45, 7) is -0.237. The number of benzene rings is 1. The lowest BCUT2D eigenvalue weighted by atomic mass is 9.97. The standard InChI is InChI=1S/C15H13NO4/c17-8-11-6-7-12(9-18)16(11)13-14(20-15(13)19)10-4-2-1-3-5-10/h1-8,13-14,18H,9H2. The summed E-state index contributed by atoms with van der Waals surface area (Å²) in [6, 6.07) is 12.0. The number of rotatable bonds is 4.